The molecule has 0 amide bonds. The van der Waals surface area contributed by atoms with Crippen molar-refractivity contribution in [2.45, 2.75) is 77.7 Å². The van der Waals surface area contributed by atoms with E-state index in [1.807, 2.05) is 0 Å². The molecule has 2 saturated carbocycles. The van der Waals surface area contributed by atoms with Crippen LogP contribution in [-0.2, 0) is 0 Å². The lowest BCUT2D eigenvalue weighted by Gasteiger charge is -2.46. The van der Waals surface area contributed by atoms with Crippen molar-refractivity contribution < 1.29 is 0 Å². The first kappa shape index (κ1) is 13.4. The van der Waals surface area contributed by atoms with Gasteiger partial charge in [0.1, 0.15) is 0 Å². The minimum atomic E-state index is 0.457. The van der Waals surface area contributed by atoms with Crippen LogP contribution in [0.1, 0.15) is 71.6 Å². The van der Waals surface area contributed by atoms with E-state index in [1.54, 1.807) is 0 Å². The summed E-state index contributed by atoms with van der Waals surface area (Å²) in [5.74, 6) is 7.66. The van der Waals surface area contributed by atoms with E-state index in [1.165, 1.54) is 57.8 Å². The van der Waals surface area contributed by atoms with Crippen molar-refractivity contribution in [3.05, 3.63) is 0 Å². The SMILES string of the molecule is CC1CCC(C(NN)C2(C)CCCCC2)CC1. The van der Waals surface area contributed by atoms with Crippen LogP contribution in [0, 0.1) is 17.3 Å². The van der Waals surface area contributed by atoms with Crippen LogP contribution in [0.5, 0.6) is 0 Å². The highest BCUT2D eigenvalue weighted by atomic mass is 15.2. The minimum absolute atomic E-state index is 0.457. The van der Waals surface area contributed by atoms with Crippen LogP contribution in [0.2, 0.25) is 0 Å². The second-order valence-electron chi connectivity index (χ2n) is 6.88. The van der Waals surface area contributed by atoms with Gasteiger partial charge in [0, 0.05) is 6.04 Å². The third kappa shape index (κ3) is 3.03. The Bertz CT molecular complexity index is 225. The molecule has 0 aromatic carbocycles. The van der Waals surface area contributed by atoms with Crippen molar-refractivity contribution in [1.29, 1.82) is 0 Å². The molecule has 100 valence electrons. The molecular weight excluding hydrogens is 208 g/mol. The molecule has 1 unspecified atom stereocenters. The van der Waals surface area contributed by atoms with E-state index in [4.69, 9.17) is 5.84 Å². The van der Waals surface area contributed by atoms with Gasteiger partial charge in [0.2, 0.25) is 0 Å². The highest BCUT2D eigenvalue weighted by Gasteiger charge is 2.40. The summed E-state index contributed by atoms with van der Waals surface area (Å²) < 4.78 is 0. The number of hydrogen-bond donors (Lipinski definition) is 2. The molecule has 2 fully saturated rings. The summed E-state index contributed by atoms with van der Waals surface area (Å²) in [6.45, 7) is 4.86. The first-order valence-corrected chi connectivity index (χ1v) is 7.62. The van der Waals surface area contributed by atoms with Gasteiger partial charge >= 0.3 is 0 Å². The predicted octanol–water partition coefficient (Wildman–Crippen LogP) is 3.62. The van der Waals surface area contributed by atoms with Crippen LogP contribution in [0.4, 0.5) is 0 Å². The summed E-state index contributed by atoms with van der Waals surface area (Å²) in [5.41, 5.74) is 3.65. The smallest absolute Gasteiger partial charge is 0.0292 e. The van der Waals surface area contributed by atoms with Gasteiger partial charge in [-0.05, 0) is 42.9 Å². The number of hydrogen-bond acceptors (Lipinski definition) is 2. The Morgan fingerprint density at radius 3 is 2.18 bits per heavy atom. The maximum absolute atomic E-state index is 5.90. The van der Waals surface area contributed by atoms with Crippen LogP contribution >= 0.6 is 0 Å². The van der Waals surface area contributed by atoms with E-state index in [2.05, 4.69) is 19.3 Å². The maximum atomic E-state index is 5.90. The first-order chi connectivity index (χ1) is 8.15. The molecule has 2 rings (SSSR count). The zero-order valence-electron chi connectivity index (χ0n) is 11.7. The number of nitrogens with one attached hydrogen (secondary N) is 1. The van der Waals surface area contributed by atoms with Crippen molar-refractivity contribution in [3.63, 3.8) is 0 Å². The molecule has 2 heteroatoms. The normalized spacial score (nSPS) is 35.5. The molecule has 1 atom stereocenters. The van der Waals surface area contributed by atoms with Gasteiger partial charge in [-0.15, -0.1) is 0 Å². The lowest BCUT2D eigenvalue weighted by molar-refractivity contribution is 0.0787. The first-order valence-electron chi connectivity index (χ1n) is 7.62. The topological polar surface area (TPSA) is 38.0 Å². The van der Waals surface area contributed by atoms with Gasteiger partial charge in [-0.3, -0.25) is 11.3 Å². The average molecular weight is 238 g/mol. The summed E-state index contributed by atoms with van der Waals surface area (Å²) in [6, 6.07) is 0.551. The Morgan fingerprint density at radius 1 is 1.06 bits per heavy atom. The van der Waals surface area contributed by atoms with E-state index in [0.717, 1.165) is 11.8 Å². The van der Waals surface area contributed by atoms with Crippen LogP contribution in [0.3, 0.4) is 0 Å². The Morgan fingerprint density at radius 2 is 1.65 bits per heavy atom. The average Bonchev–Trinajstić information content (AvgIpc) is 2.33. The van der Waals surface area contributed by atoms with E-state index in [0.29, 0.717) is 11.5 Å². The molecule has 2 aliphatic carbocycles. The zero-order valence-corrected chi connectivity index (χ0v) is 11.7. The summed E-state index contributed by atoms with van der Waals surface area (Å²) in [5, 5.41) is 0. The van der Waals surface area contributed by atoms with Gasteiger partial charge < -0.3 is 0 Å². The molecule has 0 heterocycles. The van der Waals surface area contributed by atoms with Crippen LogP contribution in [-0.4, -0.2) is 6.04 Å². The highest BCUT2D eigenvalue weighted by Crippen LogP contribution is 2.44. The van der Waals surface area contributed by atoms with Crippen molar-refractivity contribution >= 4 is 0 Å². The van der Waals surface area contributed by atoms with Crippen molar-refractivity contribution in [2.24, 2.45) is 23.1 Å². The summed E-state index contributed by atoms with van der Waals surface area (Å²) in [4.78, 5) is 0. The third-order valence-corrected chi connectivity index (χ3v) is 5.46. The number of nitrogens with two attached hydrogens (primary N) is 1. The van der Waals surface area contributed by atoms with E-state index in [-0.39, 0.29) is 0 Å². The summed E-state index contributed by atoms with van der Waals surface area (Å²) in [6.07, 6.45) is 12.5. The fraction of sp³-hybridized carbons (Fsp3) is 1.00. The van der Waals surface area contributed by atoms with Crippen LogP contribution in [0.25, 0.3) is 0 Å². The lowest BCUT2D eigenvalue weighted by atomic mass is 9.64. The fourth-order valence-corrected chi connectivity index (χ4v) is 4.20. The van der Waals surface area contributed by atoms with Gasteiger partial charge in [-0.25, -0.2) is 0 Å². The van der Waals surface area contributed by atoms with E-state index < -0.39 is 0 Å². The lowest BCUT2D eigenvalue weighted by Crippen LogP contribution is -2.53. The monoisotopic (exact) mass is 238 g/mol. The Balaban J connectivity index is 1.99. The van der Waals surface area contributed by atoms with E-state index >= 15 is 0 Å². The molecule has 0 spiro atoms. The van der Waals surface area contributed by atoms with Crippen molar-refractivity contribution in [1.82, 2.24) is 5.43 Å². The molecular formula is C15H30N2. The number of rotatable bonds is 3. The highest BCUT2D eigenvalue weighted by molar-refractivity contribution is 4.94. The molecule has 0 aromatic heterocycles. The quantitative estimate of drug-likeness (QED) is 0.582. The third-order valence-electron chi connectivity index (χ3n) is 5.46. The Labute approximate surface area is 107 Å². The molecule has 2 nitrogen and oxygen atoms in total. The van der Waals surface area contributed by atoms with Crippen LogP contribution < -0.4 is 11.3 Å². The van der Waals surface area contributed by atoms with Gasteiger partial charge in [-0.1, -0.05) is 46.0 Å². The fourth-order valence-electron chi connectivity index (χ4n) is 4.20. The Hall–Kier alpha value is -0.0800. The Kier molecular flexibility index (Phi) is 4.48. The zero-order chi connectivity index (χ0) is 12.3. The number of hydrazine groups is 1. The molecule has 3 N–H and O–H groups in total. The second kappa shape index (κ2) is 5.71. The van der Waals surface area contributed by atoms with Gasteiger partial charge in [-0.2, -0.15) is 0 Å². The molecule has 2 aliphatic rings. The summed E-state index contributed by atoms with van der Waals surface area (Å²) in [7, 11) is 0. The minimum Gasteiger partial charge on any atom is -0.271 e. The predicted molar refractivity (Wildman–Crippen MR) is 73.4 cm³/mol. The van der Waals surface area contributed by atoms with Gasteiger partial charge in [0.25, 0.3) is 0 Å². The van der Waals surface area contributed by atoms with E-state index in [9.17, 15) is 0 Å². The molecule has 0 radical (unpaired) electrons. The van der Waals surface area contributed by atoms with Gasteiger partial charge in [0.05, 0.1) is 0 Å². The molecule has 17 heavy (non-hydrogen) atoms. The largest absolute Gasteiger partial charge is 0.271 e. The summed E-state index contributed by atoms with van der Waals surface area (Å²) >= 11 is 0. The second-order valence-corrected chi connectivity index (χ2v) is 6.88. The molecule has 0 aromatic rings. The standard InChI is InChI=1S/C15H30N2/c1-12-6-8-13(9-7-12)14(17-16)15(2)10-4-3-5-11-15/h12-14,17H,3-11,16H2,1-2H3. The van der Waals surface area contributed by atoms with Crippen molar-refractivity contribution in [2.75, 3.05) is 0 Å². The van der Waals surface area contributed by atoms with Crippen molar-refractivity contribution in [3.8, 4) is 0 Å². The van der Waals surface area contributed by atoms with Crippen LogP contribution in [0.15, 0.2) is 0 Å². The molecule has 0 aliphatic heterocycles. The molecule has 0 saturated heterocycles. The molecule has 0 bridgehead atoms. The van der Waals surface area contributed by atoms with Gasteiger partial charge in [0.15, 0.2) is 0 Å². The maximum Gasteiger partial charge on any atom is 0.0292 e.